The SMILES string of the molecule is Cc1nccn1-c1ncccc1NC(=O)C1CNC1. The summed E-state index contributed by atoms with van der Waals surface area (Å²) in [5.41, 5.74) is 0.709. The standard InChI is InChI=1S/C13H15N5O/c1-9-15-5-6-18(9)12-11(3-2-4-16-12)17-13(19)10-7-14-8-10/h2-6,10,14H,7-8H2,1H3,(H,17,19). The first-order valence-electron chi connectivity index (χ1n) is 6.22. The van der Waals surface area contributed by atoms with Crippen LogP contribution in [0.2, 0.25) is 0 Å². The molecule has 1 aliphatic rings. The molecule has 6 nitrogen and oxygen atoms in total. The molecule has 3 rings (SSSR count). The average Bonchev–Trinajstić information content (AvgIpc) is 2.74. The lowest BCUT2D eigenvalue weighted by Gasteiger charge is -2.26. The van der Waals surface area contributed by atoms with Crippen molar-refractivity contribution < 1.29 is 4.79 Å². The Balaban J connectivity index is 1.89. The average molecular weight is 257 g/mol. The highest BCUT2D eigenvalue weighted by Crippen LogP contribution is 2.19. The topological polar surface area (TPSA) is 71.8 Å². The molecule has 0 radical (unpaired) electrons. The van der Waals surface area contributed by atoms with E-state index in [1.807, 2.05) is 29.8 Å². The molecular weight excluding hydrogens is 242 g/mol. The molecule has 3 heterocycles. The zero-order chi connectivity index (χ0) is 13.2. The predicted octanol–water partition coefficient (Wildman–Crippen LogP) is 0.734. The number of nitrogens with one attached hydrogen (secondary N) is 2. The van der Waals surface area contributed by atoms with Crippen molar-refractivity contribution in [3.8, 4) is 5.82 Å². The van der Waals surface area contributed by atoms with Crippen molar-refractivity contribution in [2.75, 3.05) is 18.4 Å². The zero-order valence-electron chi connectivity index (χ0n) is 10.6. The molecule has 1 fully saturated rings. The summed E-state index contributed by atoms with van der Waals surface area (Å²) in [5, 5.41) is 6.03. The van der Waals surface area contributed by atoms with E-state index >= 15 is 0 Å². The van der Waals surface area contributed by atoms with Gasteiger partial charge in [-0.15, -0.1) is 0 Å². The third-order valence-corrected chi connectivity index (χ3v) is 3.25. The molecule has 0 bridgehead atoms. The first kappa shape index (κ1) is 11.9. The number of aryl methyl sites for hydroxylation is 1. The third kappa shape index (κ3) is 2.22. The van der Waals surface area contributed by atoms with Gasteiger partial charge in [0.15, 0.2) is 5.82 Å². The fourth-order valence-electron chi connectivity index (χ4n) is 2.00. The maximum atomic E-state index is 12.0. The van der Waals surface area contributed by atoms with Crippen molar-refractivity contribution in [3.63, 3.8) is 0 Å². The van der Waals surface area contributed by atoms with E-state index in [4.69, 9.17) is 0 Å². The second kappa shape index (κ2) is 4.81. The van der Waals surface area contributed by atoms with E-state index in [1.165, 1.54) is 0 Å². The number of amides is 1. The molecule has 19 heavy (non-hydrogen) atoms. The van der Waals surface area contributed by atoms with Gasteiger partial charge in [0, 0.05) is 31.7 Å². The second-order valence-corrected chi connectivity index (χ2v) is 4.56. The number of aromatic nitrogens is 3. The van der Waals surface area contributed by atoms with Crippen LogP contribution < -0.4 is 10.6 Å². The lowest BCUT2D eigenvalue weighted by Crippen LogP contribution is -2.48. The Hall–Kier alpha value is -2.21. The van der Waals surface area contributed by atoms with Crippen molar-refractivity contribution in [2.24, 2.45) is 5.92 Å². The van der Waals surface area contributed by atoms with E-state index in [2.05, 4.69) is 20.6 Å². The molecule has 0 aliphatic carbocycles. The molecule has 0 unspecified atom stereocenters. The summed E-state index contributed by atoms with van der Waals surface area (Å²) < 4.78 is 1.86. The minimum atomic E-state index is 0.0331. The van der Waals surface area contributed by atoms with Gasteiger partial charge in [-0.05, 0) is 19.1 Å². The second-order valence-electron chi connectivity index (χ2n) is 4.56. The van der Waals surface area contributed by atoms with E-state index in [1.54, 1.807) is 12.4 Å². The number of anilines is 1. The largest absolute Gasteiger partial charge is 0.323 e. The van der Waals surface area contributed by atoms with Gasteiger partial charge in [-0.2, -0.15) is 0 Å². The minimum Gasteiger partial charge on any atom is -0.323 e. The predicted molar refractivity (Wildman–Crippen MR) is 71.1 cm³/mol. The van der Waals surface area contributed by atoms with Crippen molar-refractivity contribution in [2.45, 2.75) is 6.92 Å². The van der Waals surface area contributed by atoms with Crippen LogP contribution in [0.25, 0.3) is 5.82 Å². The Labute approximate surface area is 110 Å². The van der Waals surface area contributed by atoms with E-state index in [-0.39, 0.29) is 11.8 Å². The number of hydrogen-bond donors (Lipinski definition) is 2. The normalized spacial score (nSPS) is 15.0. The first-order chi connectivity index (χ1) is 9.25. The first-order valence-corrected chi connectivity index (χ1v) is 6.22. The third-order valence-electron chi connectivity index (χ3n) is 3.25. The van der Waals surface area contributed by atoms with Crippen molar-refractivity contribution in [3.05, 3.63) is 36.5 Å². The van der Waals surface area contributed by atoms with Crippen molar-refractivity contribution in [1.29, 1.82) is 0 Å². The summed E-state index contributed by atoms with van der Waals surface area (Å²) in [4.78, 5) is 20.5. The van der Waals surface area contributed by atoms with Gasteiger partial charge < -0.3 is 10.6 Å². The number of imidazole rings is 1. The number of carbonyl (C=O) groups excluding carboxylic acids is 1. The Morgan fingerprint density at radius 3 is 2.89 bits per heavy atom. The van der Waals surface area contributed by atoms with Crippen LogP contribution >= 0.6 is 0 Å². The van der Waals surface area contributed by atoms with Gasteiger partial charge in [-0.1, -0.05) is 0 Å². The molecule has 6 heteroatoms. The Morgan fingerprint density at radius 2 is 2.26 bits per heavy atom. The van der Waals surface area contributed by atoms with Crippen molar-refractivity contribution in [1.82, 2.24) is 19.9 Å². The lowest BCUT2D eigenvalue weighted by atomic mass is 10.0. The maximum Gasteiger partial charge on any atom is 0.230 e. The van der Waals surface area contributed by atoms with Crippen LogP contribution in [0.5, 0.6) is 0 Å². The quantitative estimate of drug-likeness (QED) is 0.850. The van der Waals surface area contributed by atoms with E-state index in [0.717, 1.165) is 18.9 Å². The zero-order valence-corrected chi connectivity index (χ0v) is 10.6. The summed E-state index contributed by atoms with van der Waals surface area (Å²) in [5.74, 6) is 1.61. The maximum absolute atomic E-state index is 12.0. The number of nitrogens with zero attached hydrogens (tertiary/aromatic N) is 3. The number of pyridine rings is 1. The molecule has 1 amide bonds. The summed E-state index contributed by atoms with van der Waals surface area (Å²) in [6.07, 6.45) is 5.25. The molecule has 0 aromatic carbocycles. The van der Waals surface area contributed by atoms with Crippen molar-refractivity contribution >= 4 is 11.6 Å². The van der Waals surface area contributed by atoms with Gasteiger partial charge in [0.25, 0.3) is 0 Å². The summed E-state index contributed by atoms with van der Waals surface area (Å²) in [6.45, 7) is 3.38. The summed E-state index contributed by atoms with van der Waals surface area (Å²) in [7, 11) is 0. The highest BCUT2D eigenvalue weighted by atomic mass is 16.2. The molecule has 2 N–H and O–H groups in total. The minimum absolute atomic E-state index is 0.0331. The smallest absolute Gasteiger partial charge is 0.230 e. The highest BCUT2D eigenvalue weighted by molar-refractivity contribution is 5.94. The molecule has 0 atom stereocenters. The molecule has 2 aromatic rings. The number of carbonyl (C=O) groups is 1. The van der Waals surface area contributed by atoms with Crippen LogP contribution in [0.4, 0.5) is 5.69 Å². The molecular formula is C13H15N5O. The monoisotopic (exact) mass is 257 g/mol. The lowest BCUT2D eigenvalue weighted by molar-refractivity contribution is -0.121. The fourth-order valence-corrected chi connectivity index (χ4v) is 2.00. The van der Waals surface area contributed by atoms with Gasteiger partial charge in [-0.3, -0.25) is 9.36 Å². The summed E-state index contributed by atoms with van der Waals surface area (Å²) in [6, 6.07) is 3.66. The Morgan fingerprint density at radius 1 is 1.42 bits per heavy atom. The van der Waals surface area contributed by atoms with E-state index < -0.39 is 0 Å². The van der Waals surface area contributed by atoms with E-state index in [9.17, 15) is 4.79 Å². The molecule has 2 aromatic heterocycles. The highest BCUT2D eigenvalue weighted by Gasteiger charge is 2.25. The van der Waals surface area contributed by atoms with Crippen LogP contribution in [0.1, 0.15) is 5.82 Å². The van der Waals surface area contributed by atoms with Crippen LogP contribution in [0.15, 0.2) is 30.7 Å². The molecule has 1 aliphatic heterocycles. The van der Waals surface area contributed by atoms with Gasteiger partial charge in [0.2, 0.25) is 5.91 Å². The van der Waals surface area contributed by atoms with Gasteiger partial charge in [0.05, 0.1) is 11.6 Å². The van der Waals surface area contributed by atoms with Gasteiger partial charge in [-0.25, -0.2) is 9.97 Å². The molecule has 1 saturated heterocycles. The van der Waals surface area contributed by atoms with Crippen LogP contribution in [-0.2, 0) is 4.79 Å². The van der Waals surface area contributed by atoms with Crippen LogP contribution in [0.3, 0.4) is 0 Å². The van der Waals surface area contributed by atoms with Crippen LogP contribution in [0, 0.1) is 12.8 Å². The fraction of sp³-hybridized carbons (Fsp3) is 0.308. The summed E-state index contributed by atoms with van der Waals surface area (Å²) >= 11 is 0. The number of hydrogen-bond acceptors (Lipinski definition) is 4. The van der Waals surface area contributed by atoms with E-state index in [0.29, 0.717) is 11.5 Å². The number of rotatable bonds is 3. The van der Waals surface area contributed by atoms with Crippen LogP contribution in [-0.4, -0.2) is 33.5 Å². The Bertz CT molecular complexity index is 603. The van der Waals surface area contributed by atoms with Gasteiger partial charge >= 0.3 is 0 Å². The Kier molecular flexibility index (Phi) is 3.00. The molecule has 98 valence electrons. The van der Waals surface area contributed by atoms with Gasteiger partial charge in [0.1, 0.15) is 5.82 Å². The molecule has 0 saturated carbocycles. The molecule has 0 spiro atoms.